The number of likely N-dealkylation sites (tertiary alicyclic amines) is 1. The van der Waals surface area contributed by atoms with Gasteiger partial charge in [0.2, 0.25) is 5.89 Å². The molecule has 0 aromatic carbocycles. The molecule has 2 aromatic heterocycles. The second-order valence-electron chi connectivity index (χ2n) is 6.83. The molecule has 0 unspecified atom stereocenters. The van der Waals surface area contributed by atoms with E-state index in [2.05, 4.69) is 20.7 Å². The van der Waals surface area contributed by atoms with Gasteiger partial charge in [0.25, 0.3) is 5.89 Å². The van der Waals surface area contributed by atoms with Crippen LogP contribution in [0.1, 0.15) is 32.1 Å². The molecule has 1 saturated heterocycles. The van der Waals surface area contributed by atoms with Gasteiger partial charge >= 0.3 is 6.03 Å². The van der Waals surface area contributed by atoms with Crippen LogP contribution in [-0.2, 0) is 17.3 Å². The van der Waals surface area contributed by atoms with Crippen LogP contribution in [0.3, 0.4) is 0 Å². The van der Waals surface area contributed by atoms with E-state index >= 15 is 0 Å². The van der Waals surface area contributed by atoms with Crippen LogP contribution in [0.4, 0.5) is 4.79 Å². The zero-order valence-corrected chi connectivity index (χ0v) is 13.7. The first-order valence-corrected chi connectivity index (χ1v) is 8.06. The Labute approximate surface area is 139 Å². The first-order valence-electron chi connectivity index (χ1n) is 8.06. The van der Waals surface area contributed by atoms with Crippen LogP contribution >= 0.6 is 0 Å². The fourth-order valence-corrected chi connectivity index (χ4v) is 2.86. The van der Waals surface area contributed by atoms with Crippen LogP contribution in [-0.4, -0.2) is 49.9 Å². The molecule has 3 heterocycles. The summed E-state index contributed by atoms with van der Waals surface area (Å²) in [7, 11) is 1.88. The van der Waals surface area contributed by atoms with Crippen molar-refractivity contribution in [1.29, 1.82) is 0 Å². The van der Waals surface area contributed by atoms with E-state index in [1.165, 1.54) is 0 Å². The minimum absolute atomic E-state index is 0.165. The van der Waals surface area contributed by atoms with E-state index in [1.807, 2.05) is 24.7 Å². The van der Waals surface area contributed by atoms with Crippen LogP contribution in [0.2, 0.25) is 0 Å². The van der Waals surface area contributed by atoms with Gasteiger partial charge < -0.3 is 13.9 Å². The lowest BCUT2D eigenvalue weighted by Crippen LogP contribution is -2.62. The van der Waals surface area contributed by atoms with Crippen molar-refractivity contribution in [3.63, 3.8) is 0 Å². The number of nitrogens with one attached hydrogen (secondary N) is 1. The van der Waals surface area contributed by atoms with Gasteiger partial charge in [-0.05, 0) is 26.2 Å². The van der Waals surface area contributed by atoms with E-state index < -0.39 is 0 Å². The van der Waals surface area contributed by atoms with Crippen molar-refractivity contribution in [2.75, 3.05) is 13.1 Å². The Kier molecular flexibility index (Phi) is 3.52. The zero-order chi connectivity index (χ0) is 16.7. The average molecular weight is 332 g/mol. The van der Waals surface area contributed by atoms with Crippen LogP contribution in [0, 0.1) is 0 Å². The third-order valence-corrected chi connectivity index (χ3v) is 4.60. The molecular formula is C15H20N6O3. The van der Waals surface area contributed by atoms with Gasteiger partial charge in [-0.1, -0.05) is 0 Å². The van der Waals surface area contributed by atoms with E-state index in [0.717, 1.165) is 19.3 Å². The maximum atomic E-state index is 12.0. The Hall–Kier alpha value is -2.42. The number of nitrogens with zero attached hydrogens (tertiary/aromatic N) is 5. The second kappa shape index (κ2) is 5.59. The lowest BCUT2D eigenvalue weighted by atomic mass is 9.82. The monoisotopic (exact) mass is 332 g/mol. The molecule has 0 bridgehead atoms. The normalized spacial score (nSPS) is 19.7. The number of aromatic nitrogens is 4. The van der Waals surface area contributed by atoms with Gasteiger partial charge in [0.1, 0.15) is 5.69 Å². The second-order valence-corrected chi connectivity index (χ2v) is 6.83. The van der Waals surface area contributed by atoms with Gasteiger partial charge in [0.15, 0.2) is 0 Å². The standard InChI is InChI=1S/C15H20N6O3/c1-15(7-21(8-15)14(22)19-24-10-4-3-5-10)13-18-17-12(23-13)11-6-20(2)9-16-11/h6,9-10H,3-5,7-8H2,1-2H3,(H,19,22). The predicted molar refractivity (Wildman–Crippen MR) is 82.7 cm³/mol. The number of hydroxylamine groups is 1. The summed E-state index contributed by atoms with van der Waals surface area (Å²) in [5, 5.41) is 8.19. The highest BCUT2D eigenvalue weighted by Gasteiger charge is 2.47. The molecule has 24 heavy (non-hydrogen) atoms. The molecule has 2 amide bonds. The van der Waals surface area contributed by atoms with Crippen molar-refractivity contribution in [2.24, 2.45) is 7.05 Å². The molecule has 1 N–H and O–H groups in total. The van der Waals surface area contributed by atoms with E-state index in [9.17, 15) is 4.79 Å². The summed E-state index contributed by atoms with van der Waals surface area (Å²) in [6.07, 6.45) is 6.85. The van der Waals surface area contributed by atoms with Gasteiger partial charge in [-0.15, -0.1) is 10.2 Å². The summed E-state index contributed by atoms with van der Waals surface area (Å²) < 4.78 is 7.57. The Morgan fingerprint density at radius 3 is 2.83 bits per heavy atom. The molecule has 2 fully saturated rings. The number of hydrogen-bond donors (Lipinski definition) is 1. The van der Waals surface area contributed by atoms with Crippen LogP contribution in [0.25, 0.3) is 11.6 Å². The van der Waals surface area contributed by atoms with Gasteiger partial charge in [0, 0.05) is 26.3 Å². The third kappa shape index (κ3) is 2.64. The Bertz CT molecular complexity index is 744. The summed E-state index contributed by atoms with van der Waals surface area (Å²) in [5.74, 6) is 0.912. The SMILES string of the molecule is Cn1cnc(-c2nnc(C3(C)CN(C(=O)NOC4CCC4)C3)o2)c1. The summed E-state index contributed by atoms with van der Waals surface area (Å²) in [4.78, 5) is 23.2. The Morgan fingerprint density at radius 2 is 2.21 bits per heavy atom. The molecule has 2 aromatic rings. The largest absolute Gasteiger partial charge is 0.418 e. The molecule has 1 aliphatic carbocycles. The third-order valence-electron chi connectivity index (χ3n) is 4.60. The maximum absolute atomic E-state index is 12.0. The summed E-state index contributed by atoms with van der Waals surface area (Å²) in [5.41, 5.74) is 2.82. The Morgan fingerprint density at radius 1 is 1.42 bits per heavy atom. The number of carbonyl (C=O) groups is 1. The van der Waals surface area contributed by atoms with Crippen LogP contribution < -0.4 is 5.48 Å². The highest BCUT2D eigenvalue weighted by molar-refractivity contribution is 5.74. The smallest absolute Gasteiger partial charge is 0.341 e. The maximum Gasteiger partial charge on any atom is 0.341 e. The number of aryl methyl sites for hydroxylation is 1. The molecule has 1 aliphatic heterocycles. The number of carbonyl (C=O) groups excluding carboxylic acids is 1. The topological polar surface area (TPSA) is 98.3 Å². The zero-order valence-electron chi connectivity index (χ0n) is 13.7. The van der Waals surface area contributed by atoms with E-state index in [1.54, 1.807) is 11.2 Å². The van der Waals surface area contributed by atoms with Gasteiger partial charge in [-0.25, -0.2) is 15.3 Å². The van der Waals surface area contributed by atoms with Crippen molar-refractivity contribution < 1.29 is 14.0 Å². The molecular weight excluding hydrogens is 312 g/mol. The molecule has 9 heteroatoms. The van der Waals surface area contributed by atoms with Crippen molar-refractivity contribution >= 4 is 6.03 Å². The average Bonchev–Trinajstić information content (AvgIpc) is 3.10. The number of rotatable bonds is 4. The molecule has 0 spiro atoms. The first-order chi connectivity index (χ1) is 11.5. The molecule has 128 valence electrons. The Balaban J connectivity index is 1.35. The fraction of sp³-hybridized carbons (Fsp3) is 0.600. The van der Waals surface area contributed by atoms with E-state index in [0.29, 0.717) is 30.6 Å². The molecule has 9 nitrogen and oxygen atoms in total. The quantitative estimate of drug-likeness (QED) is 0.846. The number of imidazole rings is 1. The summed E-state index contributed by atoms with van der Waals surface area (Å²) >= 11 is 0. The number of urea groups is 1. The molecule has 0 atom stereocenters. The van der Waals surface area contributed by atoms with Crippen LogP contribution in [0.15, 0.2) is 16.9 Å². The summed E-state index contributed by atoms with van der Waals surface area (Å²) in [6.45, 7) is 3.02. The fourth-order valence-electron chi connectivity index (χ4n) is 2.86. The molecule has 4 rings (SSSR count). The highest BCUT2D eigenvalue weighted by atomic mass is 16.7. The van der Waals surface area contributed by atoms with Crippen molar-refractivity contribution in [3.8, 4) is 11.6 Å². The molecule has 2 aliphatic rings. The highest BCUT2D eigenvalue weighted by Crippen LogP contribution is 2.34. The van der Waals surface area contributed by atoms with Gasteiger partial charge in [-0.2, -0.15) is 0 Å². The molecule has 1 saturated carbocycles. The first kappa shape index (κ1) is 15.1. The number of amides is 2. The van der Waals surface area contributed by atoms with Gasteiger partial charge in [-0.3, -0.25) is 4.84 Å². The van der Waals surface area contributed by atoms with E-state index in [4.69, 9.17) is 9.25 Å². The minimum Gasteiger partial charge on any atom is -0.418 e. The van der Waals surface area contributed by atoms with E-state index in [-0.39, 0.29) is 17.6 Å². The van der Waals surface area contributed by atoms with Gasteiger partial charge in [0.05, 0.1) is 17.8 Å². The lowest BCUT2D eigenvalue weighted by Gasteiger charge is -2.45. The van der Waals surface area contributed by atoms with Crippen molar-refractivity contribution in [1.82, 2.24) is 30.1 Å². The van der Waals surface area contributed by atoms with Crippen molar-refractivity contribution in [3.05, 3.63) is 18.4 Å². The van der Waals surface area contributed by atoms with Crippen molar-refractivity contribution in [2.45, 2.75) is 37.7 Å². The predicted octanol–water partition coefficient (Wildman–Crippen LogP) is 1.24. The van der Waals surface area contributed by atoms with Crippen LogP contribution in [0.5, 0.6) is 0 Å². The lowest BCUT2D eigenvalue weighted by molar-refractivity contribution is -0.0567. The summed E-state index contributed by atoms with van der Waals surface area (Å²) in [6, 6.07) is -0.219. The molecule has 0 radical (unpaired) electrons. The minimum atomic E-state index is -0.339. The number of hydrogen-bond acceptors (Lipinski definition) is 6.